The SMILES string of the molecule is CC(F)(F)CCC1(C)OC(=O)c2cc(Br)ccc21. The Kier molecular flexibility index (Phi) is 3.21. The van der Waals surface area contributed by atoms with Crippen LogP contribution in [0.2, 0.25) is 0 Å². The van der Waals surface area contributed by atoms with Crippen LogP contribution in [0.15, 0.2) is 22.7 Å². The zero-order chi connectivity index (χ0) is 13.6. The smallest absolute Gasteiger partial charge is 0.339 e. The molecule has 1 heterocycles. The highest BCUT2D eigenvalue weighted by atomic mass is 79.9. The molecule has 1 aromatic rings. The number of carbonyl (C=O) groups is 1. The zero-order valence-electron chi connectivity index (χ0n) is 10.1. The monoisotopic (exact) mass is 318 g/mol. The van der Waals surface area contributed by atoms with Crippen molar-refractivity contribution in [1.82, 2.24) is 0 Å². The van der Waals surface area contributed by atoms with Gasteiger partial charge in [0, 0.05) is 16.5 Å². The number of alkyl halides is 2. The number of fused-ring (bicyclic) bond motifs is 1. The van der Waals surface area contributed by atoms with Crippen LogP contribution in [0.1, 0.15) is 42.6 Å². The van der Waals surface area contributed by atoms with E-state index < -0.39 is 17.5 Å². The molecule has 5 heteroatoms. The van der Waals surface area contributed by atoms with Crippen LogP contribution in [0.4, 0.5) is 8.78 Å². The van der Waals surface area contributed by atoms with E-state index >= 15 is 0 Å². The van der Waals surface area contributed by atoms with E-state index in [4.69, 9.17) is 4.74 Å². The van der Waals surface area contributed by atoms with Gasteiger partial charge in [0.1, 0.15) is 5.60 Å². The van der Waals surface area contributed by atoms with Crippen molar-refractivity contribution in [3.63, 3.8) is 0 Å². The molecular formula is C13H13BrF2O2. The van der Waals surface area contributed by atoms with Gasteiger partial charge in [0.25, 0.3) is 0 Å². The topological polar surface area (TPSA) is 26.3 Å². The fraction of sp³-hybridized carbons (Fsp3) is 0.462. The summed E-state index contributed by atoms with van der Waals surface area (Å²) in [5.41, 5.74) is 0.179. The summed E-state index contributed by atoms with van der Waals surface area (Å²) >= 11 is 3.27. The Morgan fingerprint density at radius 2 is 2.11 bits per heavy atom. The van der Waals surface area contributed by atoms with Crippen molar-refractivity contribution >= 4 is 21.9 Å². The molecule has 0 saturated carbocycles. The van der Waals surface area contributed by atoms with Gasteiger partial charge in [-0.05, 0) is 32.4 Å². The predicted molar refractivity (Wildman–Crippen MR) is 66.8 cm³/mol. The highest BCUT2D eigenvalue weighted by Gasteiger charge is 2.42. The Bertz CT molecular complexity index is 496. The molecule has 98 valence electrons. The van der Waals surface area contributed by atoms with Crippen molar-refractivity contribution in [1.29, 1.82) is 0 Å². The van der Waals surface area contributed by atoms with Gasteiger partial charge in [-0.2, -0.15) is 0 Å². The molecule has 18 heavy (non-hydrogen) atoms. The summed E-state index contributed by atoms with van der Waals surface area (Å²) in [5.74, 6) is -3.21. The largest absolute Gasteiger partial charge is 0.451 e. The summed E-state index contributed by atoms with van der Waals surface area (Å²) in [6, 6.07) is 5.19. The number of benzene rings is 1. The fourth-order valence-corrected chi connectivity index (χ4v) is 2.47. The minimum atomic E-state index is -2.76. The molecule has 2 nitrogen and oxygen atoms in total. The average Bonchev–Trinajstić information content (AvgIpc) is 2.48. The van der Waals surface area contributed by atoms with E-state index in [1.807, 2.05) is 0 Å². The fourth-order valence-electron chi connectivity index (χ4n) is 2.10. The molecule has 1 aromatic carbocycles. The van der Waals surface area contributed by atoms with Crippen molar-refractivity contribution in [2.75, 3.05) is 0 Å². The highest BCUT2D eigenvalue weighted by molar-refractivity contribution is 9.10. The molecule has 1 aliphatic rings. The maximum absolute atomic E-state index is 12.9. The van der Waals surface area contributed by atoms with Gasteiger partial charge in [-0.1, -0.05) is 22.0 Å². The Morgan fingerprint density at radius 1 is 1.44 bits per heavy atom. The number of cyclic esters (lactones) is 1. The molecule has 0 saturated heterocycles. The molecule has 1 aliphatic heterocycles. The quantitative estimate of drug-likeness (QED) is 0.778. The molecule has 0 aromatic heterocycles. The Morgan fingerprint density at radius 3 is 2.72 bits per heavy atom. The van der Waals surface area contributed by atoms with Crippen molar-refractivity contribution in [3.05, 3.63) is 33.8 Å². The van der Waals surface area contributed by atoms with Crippen LogP contribution in [-0.4, -0.2) is 11.9 Å². The lowest BCUT2D eigenvalue weighted by Gasteiger charge is -2.25. The standard InChI is InChI=1S/C13H13BrF2O2/c1-12(5-6-13(2,15)16)10-4-3-8(14)7-9(10)11(17)18-12/h3-4,7H,5-6H2,1-2H3. The maximum Gasteiger partial charge on any atom is 0.339 e. The third kappa shape index (κ3) is 2.55. The van der Waals surface area contributed by atoms with Crippen LogP contribution in [0, 0.1) is 0 Å². The molecule has 2 rings (SSSR count). The summed E-state index contributed by atoms with van der Waals surface area (Å²) in [6.45, 7) is 2.55. The van der Waals surface area contributed by atoms with Gasteiger partial charge >= 0.3 is 5.97 Å². The number of carbonyl (C=O) groups excluding carboxylic acids is 1. The van der Waals surface area contributed by atoms with Crippen LogP contribution in [0.3, 0.4) is 0 Å². The number of ether oxygens (including phenoxy) is 1. The maximum atomic E-state index is 12.9. The van der Waals surface area contributed by atoms with Crippen LogP contribution in [0.5, 0.6) is 0 Å². The summed E-state index contributed by atoms with van der Waals surface area (Å²) in [4.78, 5) is 11.7. The van der Waals surface area contributed by atoms with Gasteiger partial charge in [0.15, 0.2) is 0 Å². The lowest BCUT2D eigenvalue weighted by Crippen LogP contribution is -2.25. The first-order chi connectivity index (χ1) is 8.21. The van der Waals surface area contributed by atoms with E-state index in [9.17, 15) is 13.6 Å². The summed E-state index contributed by atoms with van der Waals surface area (Å²) in [5, 5.41) is 0. The zero-order valence-corrected chi connectivity index (χ0v) is 11.7. The van der Waals surface area contributed by atoms with Crippen LogP contribution >= 0.6 is 15.9 Å². The molecule has 1 unspecified atom stereocenters. The second-order valence-electron chi connectivity index (χ2n) is 4.88. The Hall–Kier alpha value is -0.970. The first-order valence-electron chi connectivity index (χ1n) is 5.62. The van der Waals surface area contributed by atoms with E-state index in [-0.39, 0.29) is 12.8 Å². The average molecular weight is 319 g/mol. The molecule has 0 radical (unpaired) electrons. The van der Waals surface area contributed by atoms with E-state index in [1.165, 1.54) is 0 Å². The van der Waals surface area contributed by atoms with Crippen LogP contribution in [0.25, 0.3) is 0 Å². The van der Waals surface area contributed by atoms with E-state index in [1.54, 1.807) is 25.1 Å². The highest BCUT2D eigenvalue weighted by Crippen LogP contribution is 2.42. The molecule has 1 atom stereocenters. The van der Waals surface area contributed by atoms with E-state index in [0.717, 1.165) is 11.4 Å². The first-order valence-corrected chi connectivity index (χ1v) is 6.42. The number of rotatable bonds is 3. The second-order valence-corrected chi connectivity index (χ2v) is 5.80. The normalized spacial score (nSPS) is 22.8. The minimum absolute atomic E-state index is 0.108. The van der Waals surface area contributed by atoms with Gasteiger partial charge in [-0.25, -0.2) is 13.6 Å². The lowest BCUT2D eigenvalue weighted by molar-refractivity contribution is -0.0377. The summed E-state index contributed by atoms with van der Waals surface area (Å²) in [7, 11) is 0. The third-order valence-electron chi connectivity index (χ3n) is 3.13. The summed E-state index contributed by atoms with van der Waals surface area (Å²) in [6.07, 6.45) is -0.205. The second kappa shape index (κ2) is 4.30. The molecule has 0 spiro atoms. The van der Waals surface area contributed by atoms with Gasteiger partial charge in [-0.15, -0.1) is 0 Å². The Labute approximate surface area is 112 Å². The third-order valence-corrected chi connectivity index (χ3v) is 3.62. The molecule has 0 bridgehead atoms. The van der Waals surface area contributed by atoms with Gasteiger partial charge in [0.2, 0.25) is 5.92 Å². The minimum Gasteiger partial charge on any atom is -0.451 e. The predicted octanol–water partition coefficient (Wildman–Crippen LogP) is 4.27. The first kappa shape index (κ1) is 13.5. The van der Waals surface area contributed by atoms with Crippen molar-refractivity contribution in [3.8, 4) is 0 Å². The molecule has 0 aliphatic carbocycles. The molecular weight excluding hydrogens is 306 g/mol. The van der Waals surface area contributed by atoms with E-state index in [0.29, 0.717) is 11.1 Å². The number of hydrogen-bond donors (Lipinski definition) is 0. The Balaban J connectivity index is 2.30. The molecule has 0 fully saturated rings. The number of halogens is 3. The van der Waals surface area contributed by atoms with Crippen LogP contribution < -0.4 is 0 Å². The van der Waals surface area contributed by atoms with Gasteiger partial charge in [0.05, 0.1) is 5.56 Å². The molecule has 0 amide bonds. The van der Waals surface area contributed by atoms with Gasteiger partial charge < -0.3 is 4.74 Å². The molecule has 0 N–H and O–H groups in total. The van der Waals surface area contributed by atoms with Crippen molar-refractivity contribution < 1.29 is 18.3 Å². The van der Waals surface area contributed by atoms with Crippen LogP contribution in [-0.2, 0) is 10.3 Å². The lowest BCUT2D eigenvalue weighted by atomic mass is 9.89. The summed E-state index contributed by atoms with van der Waals surface area (Å²) < 4.78 is 31.9. The van der Waals surface area contributed by atoms with E-state index in [2.05, 4.69) is 15.9 Å². The van der Waals surface area contributed by atoms with Gasteiger partial charge in [-0.3, -0.25) is 0 Å². The van der Waals surface area contributed by atoms with Crippen molar-refractivity contribution in [2.45, 2.75) is 38.2 Å². The number of hydrogen-bond acceptors (Lipinski definition) is 2. The number of esters is 1. The van der Waals surface area contributed by atoms with Crippen molar-refractivity contribution in [2.24, 2.45) is 0 Å².